The van der Waals surface area contributed by atoms with Gasteiger partial charge in [-0.25, -0.2) is 0 Å². The fraction of sp³-hybridized carbons (Fsp3) is 0.240. The second-order valence-corrected chi connectivity index (χ2v) is 8.51. The zero-order chi connectivity index (χ0) is 20.1. The Kier molecular flexibility index (Phi) is 6.21. The maximum absolute atomic E-state index is 12.9. The minimum absolute atomic E-state index is 0.0880. The molecule has 1 unspecified atom stereocenters. The number of hydrogen-bond donors (Lipinski definition) is 1. The summed E-state index contributed by atoms with van der Waals surface area (Å²) in [4.78, 5) is 12.9. The summed E-state index contributed by atoms with van der Waals surface area (Å²) in [6, 6.07) is 25.5. The Morgan fingerprint density at radius 3 is 2.07 bits per heavy atom. The number of halogens is 1. The quantitative estimate of drug-likeness (QED) is 0.455. The summed E-state index contributed by atoms with van der Waals surface area (Å²) < 4.78 is 0. The molecule has 0 radical (unpaired) electrons. The highest BCUT2D eigenvalue weighted by Crippen LogP contribution is 2.28. The molecule has 0 aromatic heterocycles. The third-order valence-corrected chi connectivity index (χ3v) is 5.10. The number of rotatable bonds is 6. The number of ketones is 1. The molecule has 0 amide bonds. The Hall–Kier alpha value is -2.58. The number of anilines is 1. The molecule has 0 saturated carbocycles. The summed E-state index contributed by atoms with van der Waals surface area (Å²) in [7, 11) is 0. The van der Waals surface area contributed by atoms with Gasteiger partial charge in [0.2, 0.25) is 0 Å². The number of benzene rings is 3. The number of hydrogen-bond acceptors (Lipinski definition) is 2. The van der Waals surface area contributed by atoms with E-state index in [0.717, 1.165) is 11.3 Å². The van der Waals surface area contributed by atoms with Crippen LogP contribution >= 0.6 is 11.6 Å². The van der Waals surface area contributed by atoms with Crippen molar-refractivity contribution in [2.45, 2.75) is 38.6 Å². The number of carbonyl (C=O) groups is 1. The van der Waals surface area contributed by atoms with Gasteiger partial charge in [-0.05, 0) is 52.9 Å². The fourth-order valence-corrected chi connectivity index (χ4v) is 3.27. The normalized spacial score (nSPS) is 12.4. The molecule has 28 heavy (non-hydrogen) atoms. The summed E-state index contributed by atoms with van der Waals surface area (Å²) in [5, 5.41) is 4.15. The lowest BCUT2D eigenvalue weighted by molar-refractivity contribution is 0.0976. The first-order chi connectivity index (χ1) is 13.3. The standard InChI is InChI=1S/C25H26ClNO/c1-25(2,3)20-13-9-18(10-14-20)23(27-22-7-5-4-6-8-22)17-24(28)19-11-15-21(26)16-12-19/h4-16,23,27H,17H2,1-3H3. The van der Waals surface area contributed by atoms with Crippen LogP contribution in [0.4, 0.5) is 5.69 Å². The summed E-state index contributed by atoms with van der Waals surface area (Å²) in [5.74, 6) is 0.0880. The maximum atomic E-state index is 12.9. The van der Waals surface area contributed by atoms with Crippen molar-refractivity contribution in [3.8, 4) is 0 Å². The van der Waals surface area contributed by atoms with Gasteiger partial charge >= 0.3 is 0 Å². The van der Waals surface area contributed by atoms with Crippen molar-refractivity contribution < 1.29 is 4.79 Å². The summed E-state index contributed by atoms with van der Waals surface area (Å²) in [6.07, 6.45) is 0.366. The van der Waals surface area contributed by atoms with Crippen LogP contribution in [0.3, 0.4) is 0 Å². The fourth-order valence-electron chi connectivity index (χ4n) is 3.14. The average Bonchev–Trinajstić information content (AvgIpc) is 2.68. The first-order valence-corrected chi connectivity index (χ1v) is 9.91. The summed E-state index contributed by atoms with van der Waals surface area (Å²) in [6.45, 7) is 6.60. The van der Waals surface area contributed by atoms with Gasteiger partial charge in [0.1, 0.15) is 0 Å². The first kappa shape index (κ1) is 20.2. The molecule has 0 aliphatic rings. The van der Waals surface area contributed by atoms with E-state index >= 15 is 0 Å². The van der Waals surface area contributed by atoms with E-state index in [4.69, 9.17) is 11.6 Å². The third kappa shape index (κ3) is 5.24. The van der Waals surface area contributed by atoms with Crippen LogP contribution in [0.25, 0.3) is 0 Å². The highest BCUT2D eigenvalue weighted by Gasteiger charge is 2.19. The molecule has 0 spiro atoms. The van der Waals surface area contributed by atoms with Gasteiger partial charge in [0.05, 0.1) is 6.04 Å². The van der Waals surface area contributed by atoms with Gasteiger partial charge in [0, 0.05) is 22.7 Å². The Morgan fingerprint density at radius 1 is 0.893 bits per heavy atom. The van der Waals surface area contributed by atoms with Crippen molar-refractivity contribution >= 4 is 23.1 Å². The van der Waals surface area contributed by atoms with Crippen LogP contribution in [0.1, 0.15) is 54.7 Å². The molecule has 3 heteroatoms. The van der Waals surface area contributed by atoms with Gasteiger partial charge in [-0.1, -0.05) is 74.8 Å². The van der Waals surface area contributed by atoms with Crippen molar-refractivity contribution in [1.82, 2.24) is 0 Å². The Balaban J connectivity index is 1.86. The van der Waals surface area contributed by atoms with Gasteiger partial charge in [0.25, 0.3) is 0 Å². The summed E-state index contributed by atoms with van der Waals surface area (Å²) in [5.41, 5.74) is 4.14. The van der Waals surface area contributed by atoms with Crippen molar-refractivity contribution in [2.24, 2.45) is 0 Å². The second-order valence-electron chi connectivity index (χ2n) is 8.07. The van der Waals surface area contributed by atoms with Gasteiger partial charge < -0.3 is 5.32 Å². The molecule has 0 saturated heterocycles. The molecule has 0 aliphatic heterocycles. The van der Waals surface area contributed by atoms with Crippen LogP contribution in [-0.4, -0.2) is 5.78 Å². The smallest absolute Gasteiger partial charge is 0.165 e. The van der Waals surface area contributed by atoms with Crippen LogP contribution < -0.4 is 5.32 Å². The Bertz CT molecular complexity index is 910. The van der Waals surface area contributed by atoms with Crippen molar-refractivity contribution in [2.75, 3.05) is 5.32 Å². The zero-order valence-corrected chi connectivity index (χ0v) is 17.3. The van der Waals surface area contributed by atoms with E-state index in [1.54, 1.807) is 24.3 Å². The molecule has 0 bridgehead atoms. The molecule has 3 aromatic carbocycles. The van der Waals surface area contributed by atoms with E-state index in [2.05, 4.69) is 50.4 Å². The lowest BCUT2D eigenvalue weighted by atomic mass is 9.86. The topological polar surface area (TPSA) is 29.1 Å². The third-order valence-electron chi connectivity index (χ3n) is 4.85. The van der Waals surface area contributed by atoms with Crippen LogP contribution in [0.5, 0.6) is 0 Å². The maximum Gasteiger partial charge on any atom is 0.165 e. The average molecular weight is 392 g/mol. The molecular formula is C25H26ClNO. The predicted molar refractivity (Wildman–Crippen MR) is 118 cm³/mol. The van der Waals surface area contributed by atoms with E-state index in [-0.39, 0.29) is 17.2 Å². The molecular weight excluding hydrogens is 366 g/mol. The number of para-hydroxylation sites is 1. The van der Waals surface area contributed by atoms with Gasteiger partial charge in [0.15, 0.2) is 5.78 Å². The first-order valence-electron chi connectivity index (χ1n) is 9.54. The molecule has 0 heterocycles. The number of Topliss-reactive ketones (excluding diaryl/α,β-unsaturated/α-hetero) is 1. The van der Waals surface area contributed by atoms with Crippen LogP contribution in [0, 0.1) is 0 Å². The predicted octanol–water partition coefficient (Wildman–Crippen LogP) is 7.06. The minimum atomic E-state index is -0.111. The van der Waals surface area contributed by atoms with Crippen molar-refractivity contribution in [1.29, 1.82) is 0 Å². The molecule has 1 atom stereocenters. The molecule has 3 aromatic rings. The highest BCUT2D eigenvalue weighted by molar-refractivity contribution is 6.30. The molecule has 3 rings (SSSR count). The van der Waals surface area contributed by atoms with E-state index in [1.807, 2.05) is 30.3 Å². The number of nitrogens with one attached hydrogen (secondary N) is 1. The van der Waals surface area contributed by atoms with Crippen LogP contribution in [0.2, 0.25) is 5.02 Å². The van der Waals surface area contributed by atoms with Crippen molar-refractivity contribution in [3.63, 3.8) is 0 Å². The Labute approximate surface area is 172 Å². The minimum Gasteiger partial charge on any atom is -0.378 e. The Morgan fingerprint density at radius 2 is 1.50 bits per heavy atom. The molecule has 1 N–H and O–H groups in total. The number of carbonyl (C=O) groups excluding carboxylic acids is 1. The van der Waals surface area contributed by atoms with Crippen LogP contribution in [-0.2, 0) is 5.41 Å². The van der Waals surface area contributed by atoms with Crippen LogP contribution in [0.15, 0.2) is 78.9 Å². The molecule has 2 nitrogen and oxygen atoms in total. The lowest BCUT2D eigenvalue weighted by Gasteiger charge is -2.23. The second kappa shape index (κ2) is 8.62. The summed E-state index contributed by atoms with van der Waals surface area (Å²) >= 11 is 5.95. The molecule has 0 fully saturated rings. The monoisotopic (exact) mass is 391 g/mol. The largest absolute Gasteiger partial charge is 0.378 e. The van der Waals surface area contributed by atoms with E-state index in [0.29, 0.717) is 17.0 Å². The molecule has 0 aliphatic carbocycles. The van der Waals surface area contributed by atoms with E-state index in [1.165, 1.54) is 5.56 Å². The zero-order valence-electron chi connectivity index (χ0n) is 16.6. The SMILES string of the molecule is CC(C)(C)c1ccc(C(CC(=O)c2ccc(Cl)cc2)Nc2ccccc2)cc1. The van der Waals surface area contributed by atoms with E-state index < -0.39 is 0 Å². The van der Waals surface area contributed by atoms with Gasteiger partial charge in [-0.3, -0.25) is 4.79 Å². The lowest BCUT2D eigenvalue weighted by Crippen LogP contribution is -2.17. The van der Waals surface area contributed by atoms with Gasteiger partial charge in [-0.2, -0.15) is 0 Å². The van der Waals surface area contributed by atoms with E-state index in [9.17, 15) is 4.79 Å². The highest BCUT2D eigenvalue weighted by atomic mass is 35.5. The van der Waals surface area contributed by atoms with Crippen molar-refractivity contribution in [3.05, 3.63) is 101 Å². The molecule has 144 valence electrons. The van der Waals surface area contributed by atoms with Gasteiger partial charge in [-0.15, -0.1) is 0 Å².